The highest BCUT2D eigenvalue weighted by molar-refractivity contribution is 5.98. The van der Waals surface area contributed by atoms with Crippen LogP contribution in [0.4, 0.5) is 5.82 Å². The fraction of sp³-hybridized carbons (Fsp3) is 0.458. The number of ether oxygens (including phenoxy) is 1. The molecule has 1 aromatic heterocycles. The number of likely N-dealkylation sites (N-methyl/N-ethyl adjacent to an activating group) is 1. The molecule has 1 N–H and O–H groups in total. The Morgan fingerprint density at radius 3 is 2.52 bits per heavy atom. The largest absolute Gasteiger partial charge is 0.494 e. The van der Waals surface area contributed by atoms with Gasteiger partial charge in [-0.05, 0) is 55.4 Å². The number of amides is 1. The standard InChI is InChI=1S/C24H32N4O3/c1-3-16-31-21-6-4-20(5-7-21)22(29)8-9-24(30)26-18-19-10-11-25-23(17-19)28-14-12-27(2)13-15-28/h4-7,10-11,17H,3,8-9,12-16,18H2,1-2H3,(H,26,30). The first-order chi connectivity index (χ1) is 15.0. The van der Waals surface area contributed by atoms with Crippen molar-refractivity contribution in [1.29, 1.82) is 0 Å². The number of aromatic nitrogens is 1. The van der Waals surface area contributed by atoms with Gasteiger partial charge in [0.1, 0.15) is 11.6 Å². The third-order valence-corrected chi connectivity index (χ3v) is 5.36. The quantitative estimate of drug-likeness (QED) is 0.591. The fourth-order valence-electron chi connectivity index (χ4n) is 3.40. The fourth-order valence-corrected chi connectivity index (χ4v) is 3.40. The van der Waals surface area contributed by atoms with Gasteiger partial charge in [-0.15, -0.1) is 0 Å². The number of piperazine rings is 1. The molecule has 0 radical (unpaired) electrons. The molecule has 31 heavy (non-hydrogen) atoms. The number of anilines is 1. The van der Waals surface area contributed by atoms with Crippen molar-refractivity contribution in [1.82, 2.24) is 15.2 Å². The van der Waals surface area contributed by atoms with Gasteiger partial charge in [0.15, 0.2) is 5.78 Å². The van der Waals surface area contributed by atoms with Gasteiger partial charge in [-0.2, -0.15) is 0 Å². The van der Waals surface area contributed by atoms with Gasteiger partial charge in [-0.3, -0.25) is 9.59 Å². The molecule has 166 valence electrons. The second-order valence-corrected chi connectivity index (χ2v) is 7.89. The maximum atomic E-state index is 12.4. The Labute approximate surface area is 184 Å². The Kier molecular flexibility index (Phi) is 8.41. The first-order valence-electron chi connectivity index (χ1n) is 11.0. The number of hydrogen-bond acceptors (Lipinski definition) is 6. The van der Waals surface area contributed by atoms with Crippen molar-refractivity contribution in [2.24, 2.45) is 0 Å². The third kappa shape index (κ3) is 7.07. The van der Waals surface area contributed by atoms with E-state index in [0.29, 0.717) is 18.7 Å². The van der Waals surface area contributed by atoms with Crippen LogP contribution in [0.2, 0.25) is 0 Å². The van der Waals surface area contributed by atoms with E-state index in [9.17, 15) is 9.59 Å². The molecule has 1 amide bonds. The Balaban J connectivity index is 1.43. The lowest BCUT2D eigenvalue weighted by Gasteiger charge is -2.33. The zero-order chi connectivity index (χ0) is 22.1. The molecule has 3 rings (SSSR count). The van der Waals surface area contributed by atoms with E-state index in [1.807, 2.05) is 19.1 Å². The first kappa shape index (κ1) is 22.7. The maximum absolute atomic E-state index is 12.4. The summed E-state index contributed by atoms with van der Waals surface area (Å²) in [6.07, 6.45) is 3.08. The molecule has 1 fully saturated rings. The molecule has 2 heterocycles. The summed E-state index contributed by atoms with van der Waals surface area (Å²) in [4.78, 5) is 33.6. The molecule has 2 aromatic rings. The minimum atomic E-state index is -0.130. The Bertz CT molecular complexity index is 861. The number of ketones is 1. The van der Waals surface area contributed by atoms with Crippen LogP contribution in [0, 0.1) is 0 Å². The van der Waals surface area contributed by atoms with Gasteiger partial charge in [0.25, 0.3) is 0 Å². The van der Waals surface area contributed by atoms with Crippen LogP contribution in [0.3, 0.4) is 0 Å². The number of carbonyl (C=O) groups is 2. The lowest BCUT2D eigenvalue weighted by atomic mass is 10.1. The van der Waals surface area contributed by atoms with E-state index in [2.05, 4.69) is 27.1 Å². The van der Waals surface area contributed by atoms with Crippen molar-refractivity contribution in [2.45, 2.75) is 32.7 Å². The normalized spacial score (nSPS) is 14.3. The minimum Gasteiger partial charge on any atom is -0.494 e. The molecular weight excluding hydrogens is 392 g/mol. The lowest BCUT2D eigenvalue weighted by molar-refractivity contribution is -0.121. The van der Waals surface area contributed by atoms with Crippen molar-refractivity contribution < 1.29 is 14.3 Å². The van der Waals surface area contributed by atoms with Crippen LogP contribution in [0.5, 0.6) is 5.75 Å². The molecular formula is C24H32N4O3. The zero-order valence-corrected chi connectivity index (χ0v) is 18.5. The highest BCUT2D eigenvalue weighted by Crippen LogP contribution is 2.16. The summed E-state index contributed by atoms with van der Waals surface area (Å²) in [5, 5.41) is 2.91. The van der Waals surface area contributed by atoms with Crippen molar-refractivity contribution in [3.63, 3.8) is 0 Å². The highest BCUT2D eigenvalue weighted by Gasteiger charge is 2.15. The lowest BCUT2D eigenvalue weighted by Crippen LogP contribution is -2.44. The summed E-state index contributed by atoms with van der Waals surface area (Å²) in [6.45, 7) is 7.07. The number of pyridine rings is 1. The van der Waals surface area contributed by atoms with E-state index in [0.717, 1.165) is 49.7 Å². The number of Topliss-reactive ketones (excluding diaryl/α,β-unsaturated/α-hetero) is 1. The van der Waals surface area contributed by atoms with Gasteiger partial charge in [0, 0.05) is 57.3 Å². The van der Waals surface area contributed by atoms with Gasteiger partial charge in [-0.25, -0.2) is 4.98 Å². The van der Waals surface area contributed by atoms with Crippen molar-refractivity contribution in [2.75, 3.05) is 44.7 Å². The topological polar surface area (TPSA) is 74.8 Å². The number of rotatable bonds is 10. The minimum absolute atomic E-state index is 0.0431. The van der Waals surface area contributed by atoms with Crippen LogP contribution < -0.4 is 15.0 Å². The Morgan fingerprint density at radius 2 is 1.81 bits per heavy atom. The van der Waals surface area contributed by atoms with Crippen LogP contribution >= 0.6 is 0 Å². The van der Waals surface area contributed by atoms with Crippen molar-refractivity contribution >= 4 is 17.5 Å². The van der Waals surface area contributed by atoms with Gasteiger partial charge in [0.05, 0.1) is 6.61 Å². The third-order valence-electron chi connectivity index (χ3n) is 5.36. The predicted octanol–water partition coefficient (Wildman–Crippen LogP) is 2.90. The molecule has 0 spiro atoms. The van der Waals surface area contributed by atoms with Gasteiger partial charge in [-0.1, -0.05) is 6.92 Å². The Hall–Kier alpha value is -2.93. The van der Waals surface area contributed by atoms with Crippen LogP contribution in [0.15, 0.2) is 42.6 Å². The second-order valence-electron chi connectivity index (χ2n) is 7.89. The molecule has 1 aliphatic heterocycles. The summed E-state index contributed by atoms with van der Waals surface area (Å²) < 4.78 is 5.53. The van der Waals surface area contributed by atoms with Gasteiger partial charge >= 0.3 is 0 Å². The summed E-state index contributed by atoms with van der Waals surface area (Å²) in [5.41, 5.74) is 1.61. The molecule has 7 nitrogen and oxygen atoms in total. The molecule has 0 bridgehead atoms. The zero-order valence-electron chi connectivity index (χ0n) is 18.5. The average molecular weight is 425 g/mol. The van der Waals surface area contributed by atoms with E-state index in [4.69, 9.17) is 4.74 Å². The van der Waals surface area contributed by atoms with E-state index in [1.54, 1.807) is 30.5 Å². The van der Waals surface area contributed by atoms with Crippen LogP contribution in [0.1, 0.15) is 42.1 Å². The van der Waals surface area contributed by atoms with E-state index in [-0.39, 0.29) is 24.5 Å². The molecule has 7 heteroatoms. The monoisotopic (exact) mass is 424 g/mol. The predicted molar refractivity (Wildman–Crippen MR) is 122 cm³/mol. The summed E-state index contributed by atoms with van der Waals surface area (Å²) in [7, 11) is 2.12. The molecule has 1 aromatic carbocycles. The number of benzene rings is 1. The molecule has 0 atom stereocenters. The van der Waals surface area contributed by atoms with Crippen LogP contribution in [-0.2, 0) is 11.3 Å². The van der Waals surface area contributed by atoms with Gasteiger partial charge in [0.2, 0.25) is 5.91 Å². The molecule has 1 saturated heterocycles. The average Bonchev–Trinajstić information content (AvgIpc) is 2.81. The van der Waals surface area contributed by atoms with Crippen LogP contribution in [0.25, 0.3) is 0 Å². The summed E-state index contributed by atoms with van der Waals surface area (Å²) >= 11 is 0. The molecule has 1 aliphatic rings. The highest BCUT2D eigenvalue weighted by atomic mass is 16.5. The van der Waals surface area contributed by atoms with Crippen molar-refractivity contribution in [3.05, 3.63) is 53.7 Å². The summed E-state index contributed by atoms with van der Waals surface area (Å²) in [5.74, 6) is 1.53. The smallest absolute Gasteiger partial charge is 0.220 e. The molecule has 0 saturated carbocycles. The summed E-state index contributed by atoms with van der Waals surface area (Å²) in [6, 6.07) is 11.0. The van der Waals surface area contributed by atoms with Gasteiger partial charge < -0.3 is 19.9 Å². The number of nitrogens with zero attached hydrogens (tertiary/aromatic N) is 3. The molecule has 0 aliphatic carbocycles. The number of carbonyl (C=O) groups excluding carboxylic acids is 2. The second kappa shape index (κ2) is 11.5. The first-order valence-corrected chi connectivity index (χ1v) is 11.0. The molecule has 0 unspecified atom stereocenters. The number of nitrogens with one attached hydrogen (secondary N) is 1. The number of hydrogen-bond donors (Lipinski definition) is 1. The SMILES string of the molecule is CCCOc1ccc(C(=O)CCC(=O)NCc2ccnc(N3CCN(C)CC3)c2)cc1. The van der Waals surface area contributed by atoms with Crippen molar-refractivity contribution in [3.8, 4) is 5.75 Å². The van der Waals surface area contributed by atoms with E-state index < -0.39 is 0 Å². The van der Waals surface area contributed by atoms with E-state index in [1.165, 1.54) is 0 Å². The maximum Gasteiger partial charge on any atom is 0.220 e. The van der Waals surface area contributed by atoms with E-state index >= 15 is 0 Å². The Morgan fingerprint density at radius 1 is 1.06 bits per heavy atom. The van der Waals surface area contributed by atoms with Crippen LogP contribution in [-0.4, -0.2) is 61.4 Å².